The number of hydrogen-bond donors (Lipinski definition) is 3. The van der Waals surface area contributed by atoms with Gasteiger partial charge in [0, 0.05) is 4.91 Å². The van der Waals surface area contributed by atoms with Gasteiger partial charge in [0.2, 0.25) is 0 Å². The van der Waals surface area contributed by atoms with Crippen LogP contribution in [0.3, 0.4) is 0 Å². The molecule has 3 N–H and O–H groups in total. The standard InChI is InChI=1S/C5H9N3O4/c6-8-7-5-4(11)3(10)2(9)1-12-5/h2-5,9-11H,1H2. The van der Waals surface area contributed by atoms with Gasteiger partial charge in [0.1, 0.15) is 18.3 Å². The molecule has 1 saturated heterocycles. The molecule has 1 aliphatic heterocycles. The molecule has 0 aliphatic carbocycles. The van der Waals surface area contributed by atoms with Crippen LogP contribution in [-0.4, -0.2) is 46.5 Å². The lowest BCUT2D eigenvalue weighted by atomic mass is 10.1. The highest BCUT2D eigenvalue weighted by Gasteiger charge is 2.36. The van der Waals surface area contributed by atoms with Crippen molar-refractivity contribution in [2.75, 3.05) is 6.61 Å². The molecule has 12 heavy (non-hydrogen) atoms. The van der Waals surface area contributed by atoms with Crippen molar-refractivity contribution in [2.45, 2.75) is 24.5 Å². The van der Waals surface area contributed by atoms with Crippen LogP contribution in [0, 0.1) is 0 Å². The van der Waals surface area contributed by atoms with E-state index in [0.29, 0.717) is 0 Å². The molecule has 0 saturated carbocycles. The van der Waals surface area contributed by atoms with E-state index in [1.54, 1.807) is 0 Å². The van der Waals surface area contributed by atoms with E-state index in [1.165, 1.54) is 0 Å². The first-order valence-electron chi connectivity index (χ1n) is 3.37. The molecule has 4 atom stereocenters. The smallest absolute Gasteiger partial charge is 0.165 e. The second-order valence-electron chi connectivity index (χ2n) is 2.48. The molecule has 7 nitrogen and oxygen atoms in total. The third kappa shape index (κ3) is 1.66. The van der Waals surface area contributed by atoms with Crippen molar-refractivity contribution >= 4 is 0 Å². The average Bonchev–Trinajstić information content (AvgIpc) is 2.07. The van der Waals surface area contributed by atoms with Gasteiger partial charge >= 0.3 is 0 Å². The summed E-state index contributed by atoms with van der Waals surface area (Å²) in [6.45, 7) is -0.151. The van der Waals surface area contributed by atoms with Gasteiger partial charge in [-0.15, -0.1) is 0 Å². The lowest BCUT2D eigenvalue weighted by molar-refractivity contribution is -0.184. The Morgan fingerprint density at radius 3 is 2.58 bits per heavy atom. The number of rotatable bonds is 1. The van der Waals surface area contributed by atoms with E-state index in [9.17, 15) is 0 Å². The maximum absolute atomic E-state index is 9.14. The molecule has 1 fully saturated rings. The number of azide groups is 1. The van der Waals surface area contributed by atoms with Gasteiger partial charge in [-0.25, -0.2) is 0 Å². The number of hydrogen-bond acceptors (Lipinski definition) is 5. The third-order valence-electron chi connectivity index (χ3n) is 1.64. The summed E-state index contributed by atoms with van der Waals surface area (Å²) in [6, 6.07) is 0. The number of nitrogens with zero attached hydrogens (tertiary/aromatic N) is 3. The second-order valence-corrected chi connectivity index (χ2v) is 2.48. The van der Waals surface area contributed by atoms with E-state index in [0.717, 1.165) is 0 Å². The quantitative estimate of drug-likeness (QED) is 0.261. The summed E-state index contributed by atoms with van der Waals surface area (Å²) in [5.41, 5.74) is 8.01. The summed E-state index contributed by atoms with van der Waals surface area (Å²) in [4.78, 5) is 2.42. The molecule has 0 aromatic rings. The van der Waals surface area contributed by atoms with Crippen LogP contribution in [0.15, 0.2) is 5.11 Å². The topological polar surface area (TPSA) is 119 Å². The van der Waals surface area contributed by atoms with Crippen LogP contribution in [0.4, 0.5) is 0 Å². The Morgan fingerprint density at radius 1 is 1.33 bits per heavy atom. The van der Waals surface area contributed by atoms with Crippen molar-refractivity contribution in [3.05, 3.63) is 10.4 Å². The fraction of sp³-hybridized carbons (Fsp3) is 1.00. The van der Waals surface area contributed by atoms with Crippen LogP contribution >= 0.6 is 0 Å². The monoisotopic (exact) mass is 175 g/mol. The molecule has 0 radical (unpaired) electrons. The zero-order chi connectivity index (χ0) is 9.14. The van der Waals surface area contributed by atoms with E-state index in [-0.39, 0.29) is 6.61 Å². The van der Waals surface area contributed by atoms with Gasteiger partial charge in [-0.05, 0) is 5.53 Å². The van der Waals surface area contributed by atoms with Crippen molar-refractivity contribution in [3.8, 4) is 0 Å². The molecular weight excluding hydrogens is 166 g/mol. The third-order valence-corrected chi connectivity index (χ3v) is 1.64. The van der Waals surface area contributed by atoms with Gasteiger partial charge in [-0.1, -0.05) is 5.11 Å². The van der Waals surface area contributed by atoms with Crippen LogP contribution < -0.4 is 0 Å². The van der Waals surface area contributed by atoms with E-state index in [2.05, 4.69) is 10.0 Å². The van der Waals surface area contributed by atoms with Gasteiger partial charge in [0.15, 0.2) is 6.23 Å². The molecule has 68 valence electrons. The summed E-state index contributed by atoms with van der Waals surface area (Å²) in [6.07, 6.45) is -4.95. The molecule has 1 heterocycles. The maximum Gasteiger partial charge on any atom is 0.165 e. The van der Waals surface area contributed by atoms with Gasteiger partial charge in [-0.2, -0.15) is 0 Å². The van der Waals surface area contributed by atoms with E-state index < -0.39 is 24.5 Å². The number of aliphatic hydroxyl groups excluding tert-OH is 3. The summed E-state index contributed by atoms with van der Waals surface area (Å²) in [7, 11) is 0. The minimum Gasteiger partial charge on any atom is -0.388 e. The van der Waals surface area contributed by atoms with Crippen molar-refractivity contribution in [2.24, 2.45) is 5.11 Å². The lowest BCUT2D eigenvalue weighted by Gasteiger charge is -2.32. The molecular formula is C5H9N3O4. The Hall–Kier alpha value is -0.850. The Balaban J connectivity index is 2.64. The van der Waals surface area contributed by atoms with Crippen LogP contribution in [0.2, 0.25) is 0 Å². The van der Waals surface area contributed by atoms with Gasteiger partial charge < -0.3 is 20.1 Å². The first-order valence-corrected chi connectivity index (χ1v) is 3.37. The van der Waals surface area contributed by atoms with Crippen molar-refractivity contribution < 1.29 is 20.1 Å². The van der Waals surface area contributed by atoms with Crippen molar-refractivity contribution in [1.29, 1.82) is 0 Å². The number of ether oxygens (including phenoxy) is 1. The molecule has 0 amide bonds. The molecule has 1 rings (SSSR count). The van der Waals surface area contributed by atoms with Crippen molar-refractivity contribution in [1.82, 2.24) is 0 Å². The van der Waals surface area contributed by atoms with E-state index in [4.69, 9.17) is 25.6 Å². The van der Waals surface area contributed by atoms with Crippen molar-refractivity contribution in [3.63, 3.8) is 0 Å². The van der Waals surface area contributed by atoms with E-state index in [1.807, 2.05) is 0 Å². The van der Waals surface area contributed by atoms with E-state index >= 15 is 0 Å². The fourth-order valence-electron chi connectivity index (χ4n) is 0.943. The second kappa shape index (κ2) is 3.70. The van der Waals surface area contributed by atoms with Crippen LogP contribution in [-0.2, 0) is 4.74 Å². The maximum atomic E-state index is 9.14. The predicted octanol–water partition coefficient (Wildman–Crippen LogP) is -1.26. The van der Waals surface area contributed by atoms with Gasteiger partial charge in [0.25, 0.3) is 0 Å². The highest BCUT2D eigenvalue weighted by atomic mass is 16.5. The predicted molar refractivity (Wildman–Crippen MR) is 36.9 cm³/mol. The molecule has 7 heteroatoms. The molecule has 0 bridgehead atoms. The highest BCUT2D eigenvalue weighted by Crippen LogP contribution is 2.16. The molecule has 0 spiro atoms. The fourth-order valence-corrected chi connectivity index (χ4v) is 0.943. The molecule has 1 aliphatic rings. The summed E-state index contributed by atoms with van der Waals surface area (Å²) < 4.78 is 4.73. The van der Waals surface area contributed by atoms with Crippen LogP contribution in [0.25, 0.3) is 10.4 Å². The molecule has 4 unspecified atom stereocenters. The minimum atomic E-state index is -1.37. The Labute approximate surface area is 67.8 Å². The summed E-state index contributed by atoms with van der Waals surface area (Å²) in [5, 5.41) is 30.3. The Bertz CT molecular complexity index is 205. The van der Waals surface area contributed by atoms with Crippen LogP contribution in [0.5, 0.6) is 0 Å². The molecule has 0 aromatic carbocycles. The molecule has 0 aromatic heterocycles. The zero-order valence-corrected chi connectivity index (χ0v) is 6.11. The summed E-state index contributed by atoms with van der Waals surface area (Å²) in [5.74, 6) is 0. The Morgan fingerprint density at radius 2 is 2.00 bits per heavy atom. The first kappa shape index (κ1) is 9.24. The average molecular weight is 175 g/mol. The van der Waals surface area contributed by atoms with Crippen LogP contribution in [0.1, 0.15) is 0 Å². The zero-order valence-electron chi connectivity index (χ0n) is 6.11. The summed E-state index contributed by atoms with van der Waals surface area (Å²) >= 11 is 0. The first-order chi connectivity index (χ1) is 5.66. The minimum absolute atomic E-state index is 0.151. The largest absolute Gasteiger partial charge is 0.388 e. The Kier molecular flexibility index (Phi) is 2.85. The normalized spacial score (nSPS) is 41.9. The van der Waals surface area contributed by atoms with Gasteiger partial charge in [-0.3, -0.25) is 0 Å². The SMILES string of the molecule is [N-]=[N+]=NC1OCC(O)C(O)C1O. The lowest BCUT2D eigenvalue weighted by Crippen LogP contribution is -2.51. The highest BCUT2D eigenvalue weighted by molar-refractivity contribution is 4.85. The van der Waals surface area contributed by atoms with Gasteiger partial charge in [0.05, 0.1) is 6.61 Å². The number of aliphatic hydroxyl groups is 3.